The number of carboxylic acid groups (broad SMARTS) is 1. The highest BCUT2D eigenvalue weighted by molar-refractivity contribution is 7.22. The number of benzene rings is 3. The monoisotopic (exact) mass is 643 g/mol. The third-order valence-electron chi connectivity index (χ3n) is 8.67. The molecule has 7 nitrogen and oxygen atoms in total. The summed E-state index contributed by atoms with van der Waals surface area (Å²) in [6.45, 7) is 13.1. The number of hydrogen-bond donors (Lipinski definition) is 1. The van der Waals surface area contributed by atoms with Gasteiger partial charge in [-0.15, -0.1) is 11.3 Å². The molecule has 1 aromatic heterocycles. The van der Waals surface area contributed by atoms with E-state index in [1.165, 1.54) is 16.9 Å². The zero-order chi connectivity index (χ0) is 32.2. The van der Waals surface area contributed by atoms with Crippen LogP contribution >= 0.6 is 22.9 Å². The molecule has 1 fully saturated rings. The lowest BCUT2D eigenvalue weighted by atomic mass is 9.86. The smallest absolute Gasteiger partial charge is 0.337 e. The summed E-state index contributed by atoms with van der Waals surface area (Å²) in [5.74, 6) is -0.752. The van der Waals surface area contributed by atoms with Crippen LogP contribution in [0.2, 0.25) is 5.02 Å². The van der Waals surface area contributed by atoms with Crippen molar-refractivity contribution in [1.29, 1.82) is 0 Å². The Labute approximate surface area is 272 Å². The summed E-state index contributed by atoms with van der Waals surface area (Å²) in [4.78, 5) is 37.5. The summed E-state index contributed by atoms with van der Waals surface area (Å²) in [7, 11) is 0. The Morgan fingerprint density at radius 2 is 1.87 bits per heavy atom. The van der Waals surface area contributed by atoms with Crippen molar-refractivity contribution in [1.82, 2.24) is 9.88 Å². The second-order valence-electron chi connectivity index (χ2n) is 13.0. The van der Waals surface area contributed by atoms with Crippen LogP contribution in [0.1, 0.15) is 81.9 Å². The molecule has 9 heteroatoms. The summed E-state index contributed by atoms with van der Waals surface area (Å²) < 4.78 is 7.05. The topological polar surface area (TPSA) is 92.1 Å². The van der Waals surface area contributed by atoms with Gasteiger partial charge in [0.25, 0.3) is 0 Å². The maximum atomic E-state index is 12.8. The zero-order valence-electron chi connectivity index (χ0n) is 26.5. The number of aliphatic carboxylic acids is 1. The second kappa shape index (κ2) is 12.0. The van der Waals surface area contributed by atoms with E-state index in [1.54, 1.807) is 0 Å². The molecule has 4 aromatic rings. The Hall–Kier alpha value is -3.59. The molecule has 234 valence electrons. The number of aromatic nitrogens is 1. The minimum Gasteiger partial charge on any atom is -0.479 e. The first-order valence-electron chi connectivity index (χ1n) is 15.4. The van der Waals surface area contributed by atoms with Crippen molar-refractivity contribution in [3.63, 3.8) is 0 Å². The normalized spacial score (nSPS) is 19.1. The molecule has 45 heavy (non-hydrogen) atoms. The molecule has 6 rings (SSSR count). The number of rotatable bonds is 7. The molecule has 1 N–H and O–H groups in total. The fourth-order valence-electron chi connectivity index (χ4n) is 6.56. The van der Waals surface area contributed by atoms with Gasteiger partial charge in [-0.2, -0.15) is 0 Å². The van der Waals surface area contributed by atoms with E-state index in [4.69, 9.17) is 26.3 Å². The maximum absolute atomic E-state index is 12.8. The first kappa shape index (κ1) is 31.4. The largest absolute Gasteiger partial charge is 0.479 e. The van der Waals surface area contributed by atoms with Gasteiger partial charge in [0.1, 0.15) is 5.01 Å². The molecule has 0 radical (unpaired) electrons. The Kier molecular flexibility index (Phi) is 8.35. The first-order chi connectivity index (χ1) is 21.3. The number of halogens is 1. The number of likely N-dealkylation sites (tertiary alicyclic amines) is 1. The lowest BCUT2D eigenvalue weighted by Crippen LogP contribution is -2.40. The van der Waals surface area contributed by atoms with Crippen molar-refractivity contribution in [2.45, 2.75) is 72.1 Å². The third-order valence-corrected chi connectivity index (χ3v) is 10.1. The van der Waals surface area contributed by atoms with Gasteiger partial charge in [-0.1, -0.05) is 35.9 Å². The van der Waals surface area contributed by atoms with E-state index in [0.717, 1.165) is 68.3 Å². The van der Waals surface area contributed by atoms with Gasteiger partial charge >= 0.3 is 5.97 Å². The van der Waals surface area contributed by atoms with Gasteiger partial charge in [-0.3, -0.25) is 9.79 Å². The quantitative estimate of drug-likeness (QED) is 0.218. The van der Waals surface area contributed by atoms with Crippen LogP contribution < -0.4 is 0 Å². The number of aliphatic imine (C=N–C) groups is 1. The van der Waals surface area contributed by atoms with Gasteiger partial charge in [0.2, 0.25) is 5.91 Å². The number of ether oxygens (including phenoxy) is 1. The van der Waals surface area contributed by atoms with Crippen LogP contribution in [0.25, 0.3) is 31.9 Å². The van der Waals surface area contributed by atoms with Gasteiger partial charge in [0, 0.05) is 58.4 Å². The SMILES string of the molecule is CCN1CCC(C2=NC(C)c3ccc(-c4nc5cc(C)c([C@H](OC(C)(C)C)C(=O)O)c(-c6ccc(Cl)cc6)c5s4)cc32)CC1=O. The number of hydrogen-bond acceptors (Lipinski definition) is 6. The van der Waals surface area contributed by atoms with Gasteiger partial charge in [-0.05, 0) is 88.9 Å². The van der Waals surface area contributed by atoms with E-state index in [1.807, 2.05) is 69.9 Å². The molecule has 0 saturated carbocycles. The lowest BCUT2D eigenvalue weighted by Gasteiger charge is -2.31. The Morgan fingerprint density at radius 3 is 2.51 bits per heavy atom. The fraction of sp³-hybridized carbons (Fsp3) is 0.389. The summed E-state index contributed by atoms with van der Waals surface area (Å²) in [5.41, 5.74) is 7.42. The van der Waals surface area contributed by atoms with Crippen LogP contribution in [-0.4, -0.2) is 51.3 Å². The standard InChI is InChI=1S/C36H38ClN3O4S/c1-7-40-15-14-22(18-28(40)41)31-26-17-23(10-13-25(26)20(3)38-31)34-39-27-16-19(2)29(32(35(42)43)44-36(4,5)6)30(33(27)45-34)21-8-11-24(37)12-9-21/h8-13,16-17,20,22,32H,7,14-15,18H2,1-6H3,(H,42,43)/t20?,22?,32-/m0/s1. The molecule has 2 aliphatic rings. The van der Waals surface area contributed by atoms with Crippen LogP contribution in [0.5, 0.6) is 0 Å². The van der Waals surface area contributed by atoms with E-state index < -0.39 is 17.7 Å². The minimum absolute atomic E-state index is 0.0382. The highest BCUT2D eigenvalue weighted by Gasteiger charge is 2.35. The number of nitrogens with zero attached hydrogens (tertiary/aromatic N) is 3. The molecule has 3 aromatic carbocycles. The first-order valence-corrected chi connectivity index (χ1v) is 16.6. The molecule has 1 amide bonds. The second-order valence-corrected chi connectivity index (χ2v) is 14.4. The van der Waals surface area contributed by atoms with Crippen LogP contribution in [0.15, 0.2) is 53.5 Å². The predicted molar refractivity (Wildman–Crippen MR) is 181 cm³/mol. The number of fused-ring (bicyclic) bond motifs is 2. The number of carbonyl (C=O) groups is 2. The van der Waals surface area contributed by atoms with Crippen molar-refractivity contribution in [2.75, 3.05) is 13.1 Å². The highest BCUT2D eigenvalue weighted by atomic mass is 35.5. The van der Waals surface area contributed by atoms with Crippen molar-refractivity contribution in [2.24, 2.45) is 10.9 Å². The lowest BCUT2D eigenvalue weighted by molar-refractivity contribution is -0.160. The van der Waals surface area contributed by atoms with Gasteiger partial charge in [0.15, 0.2) is 6.10 Å². The van der Waals surface area contributed by atoms with Crippen molar-refractivity contribution in [3.8, 4) is 21.7 Å². The van der Waals surface area contributed by atoms with E-state index >= 15 is 0 Å². The minimum atomic E-state index is -1.17. The maximum Gasteiger partial charge on any atom is 0.337 e. The van der Waals surface area contributed by atoms with E-state index in [2.05, 4.69) is 25.1 Å². The molecule has 3 heterocycles. The Bertz CT molecular complexity index is 1840. The summed E-state index contributed by atoms with van der Waals surface area (Å²) in [5, 5.41) is 11.8. The van der Waals surface area contributed by atoms with Crippen molar-refractivity contribution < 1.29 is 19.4 Å². The van der Waals surface area contributed by atoms with Gasteiger partial charge < -0.3 is 14.7 Å². The molecule has 0 bridgehead atoms. The molecule has 2 aliphatic heterocycles. The average Bonchev–Trinajstić information content (AvgIpc) is 3.56. The number of carboxylic acids is 1. The fourth-order valence-corrected chi connectivity index (χ4v) is 7.80. The molecule has 3 atom stereocenters. The number of carbonyl (C=O) groups excluding carboxylic acids is 1. The Morgan fingerprint density at radius 1 is 1.16 bits per heavy atom. The molecule has 0 spiro atoms. The summed E-state index contributed by atoms with van der Waals surface area (Å²) >= 11 is 7.80. The zero-order valence-corrected chi connectivity index (χ0v) is 28.1. The summed E-state index contributed by atoms with van der Waals surface area (Å²) in [6.07, 6.45) is 0.217. The number of thiazole rings is 1. The van der Waals surface area contributed by atoms with Crippen LogP contribution in [-0.2, 0) is 14.3 Å². The van der Waals surface area contributed by atoms with Crippen molar-refractivity contribution >= 4 is 50.7 Å². The van der Waals surface area contributed by atoms with E-state index in [-0.39, 0.29) is 17.9 Å². The number of aryl methyl sites for hydroxylation is 1. The molecule has 1 saturated heterocycles. The van der Waals surface area contributed by atoms with Crippen LogP contribution in [0.4, 0.5) is 0 Å². The summed E-state index contributed by atoms with van der Waals surface area (Å²) in [6, 6.07) is 15.9. The molecular formula is C36H38ClN3O4S. The van der Waals surface area contributed by atoms with E-state index in [0.29, 0.717) is 17.0 Å². The highest BCUT2D eigenvalue weighted by Crippen LogP contribution is 2.45. The Balaban J connectivity index is 1.48. The van der Waals surface area contributed by atoms with Gasteiger partial charge in [-0.25, -0.2) is 9.78 Å². The number of amides is 1. The van der Waals surface area contributed by atoms with Crippen molar-refractivity contribution in [3.05, 3.63) is 75.8 Å². The van der Waals surface area contributed by atoms with E-state index in [9.17, 15) is 14.7 Å². The molecule has 2 unspecified atom stereocenters. The molecule has 0 aliphatic carbocycles. The predicted octanol–water partition coefficient (Wildman–Crippen LogP) is 8.66. The third kappa shape index (κ3) is 6.03. The molecular weight excluding hydrogens is 606 g/mol. The van der Waals surface area contributed by atoms with Crippen LogP contribution in [0, 0.1) is 12.8 Å². The van der Waals surface area contributed by atoms with Gasteiger partial charge in [0.05, 0.1) is 21.9 Å². The average molecular weight is 644 g/mol. The van der Waals surface area contributed by atoms with Crippen LogP contribution in [0.3, 0.4) is 0 Å². The number of piperidine rings is 1.